The molecular formula is C11H11FN2O2. The highest BCUT2D eigenvalue weighted by Crippen LogP contribution is 2.06. The van der Waals surface area contributed by atoms with Crippen molar-refractivity contribution in [3.8, 4) is 11.8 Å². The zero-order valence-corrected chi connectivity index (χ0v) is 8.79. The second-order valence-electron chi connectivity index (χ2n) is 2.87. The van der Waals surface area contributed by atoms with E-state index in [4.69, 9.17) is 5.73 Å². The van der Waals surface area contributed by atoms with Crippen LogP contribution in [0.3, 0.4) is 0 Å². The van der Waals surface area contributed by atoms with Crippen molar-refractivity contribution in [2.24, 2.45) is 0 Å². The molecule has 0 unspecified atom stereocenters. The maximum Gasteiger partial charge on any atom is 0.317 e. The van der Waals surface area contributed by atoms with Crippen molar-refractivity contribution in [3.05, 3.63) is 23.6 Å². The van der Waals surface area contributed by atoms with Gasteiger partial charge in [0.1, 0.15) is 6.42 Å². The van der Waals surface area contributed by atoms with Gasteiger partial charge in [0, 0.05) is 11.8 Å². The monoisotopic (exact) mass is 222 g/mol. The maximum atomic E-state index is 12.9. The maximum absolute atomic E-state index is 12.9. The molecular weight excluding hydrogens is 211 g/mol. The lowest BCUT2D eigenvalue weighted by atomic mass is 10.2. The first kappa shape index (κ1) is 12.0. The summed E-state index contributed by atoms with van der Waals surface area (Å²) in [5.74, 6) is 3.96. The van der Waals surface area contributed by atoms with Gasteiger partial charge in [-0.3, -0.25) is 4.79 Å². The molecule has 0 saturated heterocycles. The van der Waals surface area contributed by atoms with Crippen LogP contribution >= 0.6 is 0 Å². The minimum atomic E-state index is -0.622. The molecule has 1 aromatic heterocycles. The fraction of sp³-hybridized carbons (Fsp3) is 0.273. The molecule has 0 aliphatic rings. The van der Waals surface area contributed by atoms with Gasteiger partial charge in [0.2, 0.25) is 0 Å². The number of pyridine rings is 1. The molecule has 0 aliphatic carbocycles. The van der Waals surface area contributed by atoms with Crippen molar-refractivity contribution in [1.82, 2.24) is 4.98 Å². The van der Waals surface area contributed by atoms with Gasteiger partial charge in [0.25, 0.3) is 0 Å². The molecule has 1 heterocycles. The average molecular weight is 222 g/mol. The first-order chi connectivity index (χ1) is 7.63. The summed E-state index contributed by atoms with van der Waals surface area (Å²) in [6.45, 7) is 2.03. The van der Waals surface area contributed by atoms with Gasteiger partial charge in [-0.25, -0.2) is 9.37 Å². The zero-order chi connectivity index (χ0) is 12.0. The molecule has 16 heavy (non-hydrogen) atoms. The van der Waals surface area contributed by atoms with E-state index in [1.54, 1.807) is 6.92 Å². The third-order valence-corrected chi connectivity index (χ3v) is 1.64. The Kier molecular flexibility index (Phi) is 4.28. The molecule has 5 heteroatoms. The molecule has 0 aliphatic heterocycles. The van der Waals surface area contributed by atoms with Crippen molar-refractivity contribution in [1.29, 1.82) is 0 Å². The van der Waals surface area contributed by atoms with Crippen LogP contribution in [0.4, 0.5) is 10.2 Å². The van der Waals surface area contributed by atoms with E-state index in [0.29, 0.717) is 12.2 Å². The van der Waals surface area contributed by atoms with E-state index >= 15 is 0 Å². The van der Waals surface area contributed by atoms with Crippen molar-refractivity contribution in [2.75, 3.05) is 12.3 Å². The smallest absolute Gasteiger partial charge is 0.317 e. The van der Waals surface area contributed by atoms with Gasteiger partial charge in [-0.2, -0.15) is 0 Å². The average Bonchev–Trinajstić information content (AvgIpc) is 2.24. The molecule has 0 saturated carbocycles. The lowest BCUT2D eigenvalue weighted by Gasteiger charge is -1.96. The van der Waals surface area contributed by atoms with Crippen LogP contribution in [0.1, 0.15) is 18.9 Å². The minimum absolute atomic E-state index is 0.0279. The Labute approximate surface area is 92.6 Å². The molecule has 84 valence electrons. The number of nitrogens with zero attached hydrogens (tertiary/aromatic N) is 1. The largest absolute Gasteiger partial charge is 0.465 e. The second-order valence-corrected chi connectivity index (χ2v) is 2.87. The van der Waals surface area contributed by atoms with E-state index < -0.39 is 11.8 Å². The summed E-state index contributed by atoms with van der Waals surface area (Å²) in [6.07, 6.45) is 1.32. The van der Waals surface area contributed by atoms with Crippen LogP contribution in [0.5, 0.6) is 0 Å². The highest BCUT2D eigenvalue weighted by molar-refractivity contribution is 5.72. The molecule has 0 bridgehead atoms. The van der Waals surface area contributed by atoms with Gasteiger partial charge in [0.05, 0.1) is 6.61 Å². The summed E-state index contributed by atoms with van der Waals surface area (Å²) < 4.78 is 17.6. The molecule has 1 aromatic rings. The molecule has 0 atom stereocenters. The van der Waals surface area contributed by atoms with Crippen LogP contribution < -0.4 is 5.73 Å². The van der Waals surface area contributed by atoms with Crippen molar-refractivity contribution < 1.29 is 13.9 Å². The number of nitrogens with two attached hydrogens (primary N) is 1. The highest BCUT2D eigenvalue weighted by Gasteiger charge is 1.99. The lowest BCUT2D eigenvalue weighted by Crippen LogP contribution is -2.01. The SMILES string of the molecule is CCOC(=O)CC#Cc1cnc(N)c(F)c1. The molecule has 0 radical (unpaired) electrons. The van der Waals surface area contributed by atoms with E-state index in [2.05, 4.69) is 21.6 Å². The second kappa shape index (κ2) is 5.71. The Morgan fingerprint density at radius 1 is 1.69 bits per heavy atom. The van der Waals surface area contributed by atoms with Crippen LogP contribution in [0.15, 0.2) is 12.3 Å². The summed E-state index contributed by atoms with van der Waals surface area (Å²) in [7, 11) is 0. The van der Waals surface area contributed by atoms with Crippen LogP contribution in [0, 0.1) is 17.7 Å². The Morgan fingerprint density at radius 2 is 2.44 bits per heavy atom. The van der Waals surface area contributed by atoms with E-state index in [1.807, 2.05) is 0 Å². The van der Waals surface area contributed by atoms with Gasteiger partial charge in [-0.15, -0.1) is 0 Å². The summed E-state index contributed by atoms with van der Waals surface area (Å²) >= 11 is 0. The molecule has 0 spiro atoms. The Balaban J connectivity index is 2.63. The zero-order valence-electron chi connectivity index (χ0n) is 8.79. The number of aromatic nitrogens is 1. The van der Waals surface area contributed by atoms with Crippen molar-refractivity contribution in [2.45, 2.75) is 13.3 Å². The molecule has 4 nitrogen and oxygen atoms in total. The quantitative estimate of drug-likeness (QED) is 0.601. The standard InChI is InChI=1S/C11H11FN2O2/c1-2-16-10(15)5-3-4-8-6-9(12)11(13)14-7-8/h6-7H,2,5H2,1H3,(H2,13,14). The van der Waals surface area contributed by atoms with Crippen molar-refractivity contribution >= 4 is 11.8 Å². The third kappa shape index (κ3) is 3.58. The van der Waals surface area contributed by atoms with Crippen LogP contribution in [-0.4, -0.2) is 17.6 Å². The number of nitrogen functional groups attached to an aromatic ring is 1. The summed E-state index contributed by atoms with van der Waals surface area (Å²) in [6, 6.07) is 1.17. The fourth-order valence-corrected chi connectivity index (χ4v) is 0.947. The summed E-state index contributed by atoms with van der Waals surface area (Å²) in [5, 5.41) is 0. The molecule has 0 amide bonds. The number of carbonyl (C=O) groups is 1. The normalized spacial score (nSPS) is 9.12. The van der Waals surface area contributed by atoms with Gasteiger partial charge in [-0.1, -0.05) is 11.8 Å². The molecule has 1 rings (SSSR count). The first-order valence-corrected chi connectivity index (χ1v) is 4.69. The number of hydrogen-bond acceptors (Lipinski definition) is 4. The van der Waals surface area contributed by atoms with Gasteiger partial charge >= 0.3 is 5.97 Å². The third-order valence-electron chi connectivity index (χ3n) is 1.64. The van der Waals surface area contributed by atoms with E-state index in [1.165, 1.54) is 12.3 Å². The van der Waals surface area contributed by atoms with Gasteiger partial charge in [0.15, 0.2) is 11.6 Å². The van der Waals surface area contributed by atoms with E-state index in [-0.39, 0.29) is 12.2 Å². The van der Waals surface area contributed by atoms with E-state index in [0.717, 1.165) is 0 Å². The number of hydrogen-bond donors (Lipinski definition) is 1. The molecule has 0 fully saturated rings. The summed E-state index contributed by atoms with van der Waals surface area (Å²) in [4.78, 5) is 14.5. The number of rotatable bonds is 2. The predicted molar refractivity (Wildman–Crippen MR) is 56.7 cm³/mol. The molecule has 0 aromatic carbocycles. The molecule has 2 N–H and O–H groups in total. The Hall–Kier alpha value is -2.09. The minimum Gasteiger partial charge on any atom is -0.465 e. The van der Waals surface area contributed by atoms with Crippen molar-refractivity contribution in [3.63, 3.8) is 0 Å². The number of halogens is 1. The lowest BCUT2D eigenvalue weighted by molar-refractivity contribution is -0.141. The van der Waals surface area contributed by atoms with Gasteiger partial charge in [-0.05, 0) is 13.0 Å². The Morgan fingerprint density at radius 3 is 3.06 bits per heavy atom. The number of carbonyl (C=O) groups excluding carboxylic acids is 1. The number of anilines is 1. The fourth-order valence-electron chi connectivity index (χ4n) is 0.947. The topological polar surface area (TPSA) is 65.2 Å². The van der Waals surface area contributed by atoms with E-state index in [9.17, 15) is 9.18 Å². The van der Waals surface area contributed by atoms with Crippen LogP contribution in [0.25, 0.3) is 0 Å². The summed E-state index contributed by atoms with van der Waals surface area (Å²) in [5.41, 5.74) is 5.57. The van der Waals surface area contributed by atoms with Gasteiger partial charge < -0.3 is 10.5 Å². The number of ether oxygens (including phenoxy) is 1. The first-order valence-electron chi connectivity index (χ1n) is 4.69. The highest BCUT2D eigenvalue weighted by atomic mass is 19.1. The Bertz CT molecular complexity index is 449. The van der Waals surface area contributed by atoms with Crippen LogP contribution in [-0.2, 0) is 9.53 Å². The predicted octanol–water partition coefficient (Wildman–Crippen LogP) is 1.11. The number of esters is 1. The van der Waals surface area contributed by atoms with Crippen LogP contribution in [0.2, 0.25) is 0 Å².